The third kappa shape index (κ3) is 5.95. The van der Waals surface area contributed by atoms with Crippen molar-refractivity contribution in [1.29, 1.82) is 0 Å². The number of carbonyl (C=O) groups is 2. The first kappa shape index (κ1) is 21.1. The van der Waals surface area contributed by atoms with E-state index >= 15 is 0 Å². The molecule has 2 aromatic carbocycles. The molecule has 6 nitrogen and oxygen atoms in total. The fraction of sp³-hybridized carbons (Fsp3) is 0.364. The molecular weight excluding hydrogens is 388 g/mol. The van der Waals surface area contributed by atoms with Gasteiger partial charge in [-0.15, -0.1) is 0 Å². The zero-order valence-electron chi connectivity index (χ0n) is 16.7. The van der Waals surface area contributed by atoms with Crippen LogP contribution in [0.25, 0.3) is 0 Å². The van der Waals surface area contributed by atoms with Crippen LogP contribution in [0, 0.1) is 0 Å². The molecule has 0 spiro atoms. The summed E-state index contributed by atoms with van der Waals surface area (Å²) in [5, 5.41) is 6.69. The summed E-state index contributed by atoms with van der Waals surface area (Å²) in [5.74, 6) is 0.0111. The molecule has 1 aliphatic rings. The van der Waals surface area contributed by atoms with Crippen molar-refractivity contribution in [3.8, 4) is 0 Å². The van der Waals surface area contributed by atoms with Gasteiger partial charge in [0.15, 0.2) is 0 Å². The van der Waals surface area contributed by atoms with Gasteiger partial charge in [0.2, 0.25) is 11.8 Å². The van der Waals surface area contributed by atoms with Gasteiger partial charge in [-0.1, -0.05) is 48.9 Å². The van der Waals surface area contributed by atoms with Gasteiger partial charge >= 0.3 is 0 Å². The van der Waals surface area contributed by atoms with E-state index in [-0.39, 0.29) is 18.4 Å². The largest absolute Gasteiger partial charge is 0.375 e. The van der Waals surface area contributed by atoms with E-state index in [9.17, 15) is 9.59 Å². The molecule has 1 saturated heterocycles. The van der Waals surface area contributed by atoms with Crippen molar-refractivity contribution >= 4 is 34.8 Å². The molecule has 0 aromatic heterocycles. The van der Waals surface area contributed by atoms with Crippen LogP contribution in [0.5, 0.6) is 0 Å². The Morgan fingerprint density at radius 2 is 1.62 bits per heavy atom. The summed E-state index contributed by atoms with van der Waals surface area (Å²) in [4.78, 5) is 28.7. The first-order chi connectivity index (χ1) is 14.1. The third-order valence-corrected chi connectivity index (χ3v) is 5.40. The number of halogens is 1. The van der Waals surface area contributed by atoms with Crippen LogP contribution in [0.3, 0.4) is 0 Å². The molecule has 29 heavy (non-hydrogen) atoms. The lowest BCUT2D eigenvalue weighted by atomic mass is 10.1. The molecule has 0 radical (unpaired) electrons. The van der Waals surface area contributed by atoms with Crippen molar-refractivity contribution in [3.63, 3.8) is 0 Å². The number of anilines is 2. The van der Waals surface area contributed by atoms with Crippen LogP contribution in [0.1, 0.15) is 12.5 Å². The maximum Gasteiger partial charge on any atom is 0.241 e. The molecule has 0 saturated carbocycles. The molecule has 1 aliphatic heterocycles. The second-order valence-corrected chi connectivity index (χ2v) is 7.46. The highest BCUT2D eigenvalue weighted by molar-refractivity contribution is 6.33. The number of hydrogen-bond donors (Lipinski definition) is 2. The SMILES string of the molecule is CCc1ccccc1NC(=O)CN1CCN(C(=O)CNc2ccccc2Cl)CC1. The molecule has 2 aromatic rings. The highest BCUT2D eigenvalue weighted by Crippen LogP contribution is 2.20. The number of rotatable bonds is 7. The van der Waals surface area contributed by atoms with Crippen LogP contribution in [-0.2, 0) is 16.0 Å². The van der Waals surface area contributed by atoms with Crippen molar-refractivity contribution < 1.29 is 9.59 Å². The molecule has 3 rings (SSSR count). The highest BCUT2D eigenvalue weighted by atomic mass is 35.5. The van der Waals surface area contributed by atoms with E-state index in [2.05, 4.69) is 22.5 Å². The van der Waals surface area contributed by atoms with Crippen LogP contribution in [0.4, 0.5) is 11.4 Å². The van der Waals surface area contributed by atoms with Crippen molar-refractivity contribution in [2.75, 3.05) is 49.9 Å². The summed E-state index contributed by atoms with van der Waals surface area (Å²) in [6.07, 6.45) is 0.874. The lowest BCUT2D eigenvalue weighted by Gasteiger charge is -2.34. The van der Waals surface area contributed by atoms with Gasteiger partial charge in [-0.3, -0.25) is 14.5 Å². The van der Waals surface area contributed by atoms with E-state index in [4.69, 9.17) is 11.6 Å². The normalized spacial score (nSPS) is 14.5. The summed E-state index contributed by atoms with van der Waals surface area (Å²) in [6.45, 7) is 5.20. The molecule has 7 heteroatoms. The second-order valence-electron chi connectivity index (χ2n) is 7.05. The average molecular weight is 415 g/mol. The van der Waals surface area contributed by atoms with E-state index in [1.165, 1.54) is 0 Å². The number of carbonyl (C=O) groups excluding carboxylic acids is 2. The topological polar surface area (TPSA) is 64.7 Å². The van der Waals surface area contributed by atoms with E-state index < -0.39 is 0 Å². The Kier molecular flexibility index (Phi) is 7.49. The molecule has 0 aliphatic carbocycles. The molecule has 2 amide bonds. The minimum Gasteiger partial charge on any atom is -0.375 e. The van der Waals surface area contributed by atoms with Gasteiger partial charge in [0.25, 0.3) is 0 Å². The van der Waals surface area contributed by atoms with Crippen molar-refractivity contribution in [3.05, 3.63) is 59.1 Å². The molecule has 0 unspecified atom stereocenters. The fourth-order valence-electron chi connectivity index (χ4n) is 3.39. The summed E-state index contributed by atoms with van der Waals surface area (Å²) < 4.78 is 0. The van der Waals surface area contributed by atoms with E-state index in [1.54, 1.807) is 6.07 Å². The van der Waals surface area contributed by atoms with Crippen LogP contribution < -0.4 is 10.6 Å². The van der Waals surface area contributed by atoms with Gasteiger partial charge in [-0.2, -0.15) is 0 Å². The Morgan fingerprint density at radius 1 is 0.966 bits per heavy atom. The number of para-hydroxylation sites is 2. The maximum atomic E-state index is 12.4. The second kappa shape index (κ2) is 10.3. The van der Waals surface area contributed by atoms with Gasteiger partial charge in [-0.05, 0) is 30.2 Å². The standard InChI is InChI=1S/C22H27ClN4O2/c1-2-17-7-3-5-9-19(17)25-21(28)16-26-11-13-27(14-12-26)22(29)15-24-20-10-6-4-8-18(20)23/h3-10,24H,2,11-16H2,1H3,(H,25,28). The van der Waals surface area contributed by atoms with E-state index in [0.717, 1.165) is 23.4 Å². The number of amides is 2. The summed E-state index contributed by atoms with van der Waals surface area (Å²) in [6, 6.07) is 15.2. The molecule has 2 N–H and O–H groups in total. The Morgan fingerprint density at radius 3 is 2.31 bits per heavy atom. The van der Waals surface area contributed by atoms with Crippen molar-refractivity contribution in [1.82, 2.24) is 9.80 Å². The van der Waals surface area contributed by atoms with E-state index in [1.807, 2.05) is 47.4 Å². The van der Waals surface area contributed by atoms with Gasteiger partial charge in [0, 0.05) is 31.9 Å². The Balaban J connectivity index is 1.42. The first-order valence-electron chi connectivity index (χ1n) is 9.93. The van der Waals surface area contributed by atoms with Crippen LogP contribution in [-0.4, -0.2) is 60.9 Å². The number of piperazine rings is 1. The number of hydrogen-bond acceptors (Lipinski definition) is 4. The minimum atomic E-state index is -0.0222. The van der Waals surface area contributed by atoms with Crippen LogP contribution in [0.2, 0.25) is 5.02 Å². The summed E-state index contributed by atoms with van der Waals surface area (Å²) >= 11 is 6.11. The quantitative estimate of drug-likeness (QED) is 0.730. The zero-order chi connectivity index (χ0) is 20.6. The van der Waals surface area contributed by atoms with Gasteiger partial charge in [0.05, 0.1) is 23.8 Å². The monoisotopic (exact) mass is 414 g/mol. The summed E-state index contributed by atoms with van der Waals surface area (Å²) in [5.41, 5.74) is 2.76. The lowest BCUT2D eigenvalue weighted by molar-refractivity contribution is -0.131. The number of nitrogens with zero attached hydrogens (tertiary/aromatic N) is 2. The number of nitrogens with one attached hydrogen (secondary N) is 2. The third-order valence-electron chi connectivity index (χ3n) is 5.07. The van der Waals surface area contributed by atoms with E-state index in [0.29, 0.717) is 37.7 Å². The highest BCUT2D eigenvalue weighted by Gasteiger charge is 2.22. The molecule has 0 bridgehead atoms. The van der Waals surface area contributed by atoms with Crippen LogP contribution in [0.15, 0.2) is 48.5 Å². The molecule has 0 atom stereocenters. The average Bonchev–Trinajstić information content (AvgIpc) is 2.74. The smallest absolute Gasteiger partial charge is 0.241 e. The fourth-order valence-corrected chi connectivity index (χ4v) is 3.59. The van der Waals surface area contributed by atoms with Crippen LogP contribution >= 0.6 is 11.6 Å². The molecule has 1 heterocycles. The van der Waals surface area contributed by atoms with Gasteiger partial charge in [-0.25, -0.2) is 0 Å². The predicted molar refractivity (Wildman–Crippen MR) is 117 cm³/mol. The molecular formula is C22H27ClN4O2. The Labute approximate surface area is 176 Å². The minimum absolute atomic E-state index is 0.0222. The molecule has 1 fully saturated rings. The predicted octanol–water partition coefficient (Wildman–Crippen LogP) is 3.10. The number of benzene rings is 2. The molecule has 154 valence electrons. The maximum absolute atomic E-state index is 12.4. The summed E-state index contributed by atoms with van der Waals surface area (Å²) in [7, 11) is 0. The lowest BCUT2D eigenvalue weighted by Crippen LogP contribution is -2.51. The Hall–Kier alpha value is -2.57. The first-order valence-corrected chi connectivity index (χ1v) is 10.3. The zero-order valence-corrected chi connectivity index (χ0v) is 17.4. The van der Waals surface area contributed by atoms with Gasteiger partial charge in [0.1, 0.15) is 0 Å². The van der Waals surface area contributed by atoms with Gasteiger partial charge < -0.3 is 15.5 Å². The number of aryl methyl sites for hydroxylation is 1. The van der Waals surface area contributed by atoms with Crippen molar-refractivity contribution in [2.24, 2.45) is 0 Å². The Bertz CT molecular complexity index is 850. The van der Waals surface area contributed by atoms with Crippen molar-refractivity contribution in [2.45, 2.75) is 13.3 Å².